The monoisotopic (exact) mass is 461 g/mol. The van der Waals surface area contributed by atoms with Gasteiger partial charge in [-0.05, 0) is 17.7 Å². The third-order valence-electron chi connectivity index (χ3n) is 6.02. The Kier molecular flexibility index (Phi) is 8.40. The Morgan fingerprint density at radius 2 is 1.67 bits per heavy atom. The Morgan fingerprint density at radius 3 is 2.36 bits per heavy atom. The highest BCUT2D eigenvalue weighted by molar-refractivity contribution is 5.91. The zero-order valence-corrected chi connectivity index (χ0v) is 18.8. The zero-order valence-electron chi connectivity index (χ0n) is 18.8. The summed E-state index contributed by atoms with van der Waals surface area (Å²) in [5, 5.41) is 13.2. The molecule has 0 spiro atoms. The van der Waals surface area contributed by atoms with Crippen molar-refractivity contribution in [3.8, 4) is 0 Å². The Balaban J connectivity index is 1.16. The van der Waals surface area contributed by atoms with Crippen molar-refractivity contribution in [2.24, 2.45) is 0 Å². The number of amides is 1. The number of aromatic nitrogens is 1. The molecule has 2 aromatic rings. The van der Waals surface area contributed by atoms with E-state index in [1.165, 1.54) is 18.4 Å². The average Bonchev–Trinajstić information content (AvgIpc) is 3.29. The van der Waals surface area contributed by atoms with Crippen molar-refractivity contribution in [1.82, 2.24) is 25.0 Å². The molecule has 0 radical (unpaired) electrons. The summed E-state index contributed by atoms with van der Waals surface area (Å²) in [6, 6.07) is 5.98. The summed E-state index contributed by atoms with van der Waals surface area (Å²) in [4.78, 5) is 23.4. The van der Waals surface area contributed by atoms with Crippen LogP contribution in [0.2, 0.25) is 0 Å². The molecule has 1 atom stereocenters. The molecule has 10 heteroatoms. The summed E-state index contributed by atoms with van der Waals surface area (Å²) < 4.78 is 23.8. The molecule has 0 saturated carbocycles. The fourth-order valence-corrected chi connectivity index (χ4v) is 4.12. The minimum atomic E-state index is -0.364. The third-order valence-corrected chi connectivity index (χ3v) is 6.02. The van der Waals surface area contributed by atoms with Gasteiger partial charge in [0.25, 0.3) is 5.91 Å². The van der Waals surface area contributed by atoms with E-state index in [0.29, 0.717) is 32.1 Å². The molecule has 2 aliphatic heterocycles. The number of aliphatic hydroxyl groups is 1. The van der Waals surface area contributed by atoms with E-state index in [-0.39, 0.29) is 23.5 Å². The number of morpholine rings is 1. The lowest BCUT2D eigenvalue weighted by Gasteiger charge is -2.36. The fourth-order valence-electron chi connectivity index (χ4n) is 4.12. The van der Waals surface area contributed by atoms with Gasteiger partial charge in [0.05, 0.1) is 25.9 Å². The number of nitrogens with one attached hydrogen (secondary N) is 1. The molecule has 2 saturated heterocycles. The topological polar surface area (TPSA) is 94.3 Å². The summed E-state index contributed by atoms with van der Waals surface area (Å²) in [6.07, 6.45) is 1.01. The van der Waals surface area contributed by atoms with Crippen LogP contribution in [0.3, 0.4) is 0 Å². The van der Waals surface area contributed by atoms with Gasteiger partial charge in [-0.2, -0.15) is 0 Å². The first kappa shape index (κ1) is 23.8. The van der Waals surface area contributed by atoms with Crippen molar-refractivity contribution in [2.75, 3.05) is 65.6 Å². The highest BCUT2D eigenvalue weighted by Gasteiger charge is 2.23. The minimum Gasteiger partial charge on any atom is -0.447 e. The average molecular weight is 462 g/mol. The Hall–Kier alpha value is -2.37. The lowest BCUT2D eigenvalue weighted by molar-refractivity contribution is 0.00187. The highest BCUT2D eigenvalue weighted by Crippen LogP contribution is 2.11. The molecular formula is C23H32FN5O4. The van der Waals surface area contributed by atoms with E-state index in [9.17, 15) is 14.3 Å². The number of piperazine rings is 1. The van der Waals surface area contributed by atoms with Crippen LogP contribution in [-0.2, 0) is 17.8 Å². The predicted molar refractivity (Wildman–Crippen MR) is 119 cm³/mol. The second-order valence-electron chi connectivity index (χ2n) is 8.58. The van der Waals surface area contributed by atoms with Gasteiger partial charge in [0, 0.05) is 58.9 Å². The maximum absolute atomic E-state index is 13.0. The largest absolute Gasteiger partial charge is 0.447 e. The molecule has 1 aromatic heterocycles. The number of benzene rings is 1. The van der Waals surface area contributed by atoms with Crippen LogP contribution in [0.15, 0.2) is 34.9 Å². The van der Waals surface area contributed by atoms with Crippen molar-refractivity contribution < 1.29 is 23.4 Å². The van der Waals surface area contributed by atoms with E-state index in [1.54, 1.807) is 12.1 Å². The molecule has 9 nitrogen and oxygen atoms in total. The molecule has 4 rings (SSSR count). The molecular weight excluding hydrogens is 429 g/mol. The first-order valence-electron chi connectivity index (χ1n) is 11.4. The van der Waals surface area contributed by atoms with Gasteiger partial charge in [-0.3, -0.25) is 19.5 Å². The van der Waals surface area contributed by atoms with Gasteiger partial charge in [0.2, 0.25) is 5.89 Å². The molecule has 0 unspecified atom stereocenters. The summed E-state index contributed by atoms with van der Waals surface area (Å²) in [5.41, 5.74) is 1.04. The number of carbonyl (C=O) groups is 1. The lowest BCUT2D eigenvalue weighted by atomic mass is 10.2. The number of rotatable bonds is 9. The van der Waals surface area contributed by atoms with Crippen LogP contribution in [0, 0.1) is 5.82 Å². The van der Waals surface area contributed by atoms with E-state index in [2.05, 4.69) is 25.0 Å². The second kappa shape index (κ2) is 11.7. The third kappa shape index (κ3) is 7.31. The Labute approximate surface area is 193 Å². The molecule has 0 bridgehead atoms. The number of nitrogens with zero attached hydrogens (tertiary/aromatic N) is 4. The smallest absolute Gasteiger partial charge is 0.273 e. The summed E-state index contributed by atoms with van der Waals surface area (Å²) in [6.45, 7) is 8.86. The molecule has 0 aliphatic carbocycles. The maximum Gasteiger partial charge on any atom is 0.273 e. The fraction of sp³-hybridized carbons (Fsp3) is 0.565. The summed E-state index contributed by atoms with van der Waals surface area (Å²) in [7, 11) is 0. The van der Waals surface area contributed by atoms with Crippen molar-refractivity contribution in [2.45, 2.75) is 19.2 Å². The van der Waals surface area contributed by atoms with Crippen LogP contribution >= 0.6 is 0 Å². The molecule has 1 aromatic carbocycles. The van der Waals surface area contributed by atoms with Crippen LogP contribution in [0.1, 0.15) is 21.9 Å². The quantitative estimate of drug-likeness (QED) is 0.560. The summed E-state index contributed by atoms with van der Waals surface area (Å²) in [5.74, 6) is -0.132. The molecule has 180 valence electrons. The first-order chi connectivity index (χ1) is 16.0. The van der Waals surface area contributed by atoms with Gasteiger partial charge in [-0.1, -0.05) is 12.1 Å². The van der Waals surface area contributed by atoms with Gasteiger partial charge in [0.15, 0.2) is 5.69 Å². The van der Waals surface area contributed by atoms with Crippen LogP contribution in [-0.4, -0.2) is 102 Å². The van der Waals surface area contributed by atoms with Crippen LogP contribution < -0.4 is 5.32 Å². The van der Waals surface area contributed by atoms with Crippen molar-refractivity contribution >= 4 is 5.91 Å². The predicted octanol–water partition coefficient (Wildman–Crippen LogP) is 0.554. The molecule has 2 fully saturated rings. The van der Waals surface area contributed by atoms with E-state index >= 15 is 0 Å². The van der Waals surface area contributed by atoms with E-state index in [0.717, 1.165) is 58.0 Å². The van der Waals surface area contributed by atoms with E-state index in [4.69, 9.17) is 9.15 Å². The van der Waals surface area contributed by atoms with Crippen LogP contribution in [0.4, 0.5) is 4.39 Å². The van der Waals surface area contributed by atoms with Crippen molar-refractivity contribution in [3.63, 3.8) is 0 Å². The van der Waals surface area contributed by atoms with E-state index in [1.807, 2.05) is 0 Å². The minimum absolute atomic E-state index is 0.233. The van der Waals surface area contributed by atoms with Crippen molar-refractivity contribution in [3.05, 3.63) is 53.5 Å². The number of hydrogen-bond acceptors (Lipinski definition) is 8. The van der Waals surface area contributed by atoms with Gasteiger partial charge in [-0.15, -0.1) is 0 Å². The van der Waals surface area contributed by atoms with E-state index < -0.39 is 0 Å². The first-order valence-corrected chi connectivity index (χ1v) is 11.4. The van der Waals surface area contributed by atoms with Gasteiger partial charge < -0.3 is 19.6 Å². The van der Waals surface area contributed by atoms with Crippen LogP contribution in [0.5, 0.6) is 0 Å². The number of aliphatic hydroxyl groups excluding tert-OH is 1. The highest BCUT2D eigenvalue weighted by atomic mass is 19.1. The summed E-state index contributed by atoms with van der Waals surface area (Å²) >= 11 is 0. The Bertz CT molecular complexity index is 879. The SMILES string of the molecule is O=C(NCc1ccc(F)cc1)c1coc(CN2CCN(C[C@@H](O)CN3CCOCC3)CC2)n1. The zero-order chi connectivity index (χ0) is 23.0. The number of β-amino-alcohol motifs (C(OH)–C–C–N with tert-alkyl or cyclic N) is 1. The second-order valence-corrected chi connectivity index (χ2v) is 8.58. The maximum atomic E-state index is 13.0. The standard InChI is InChI=1S/C23H32FN5O4/c24-19-3-1-18(2-4-19)13-25-23(31)21-17-33-22(26-21)16-28-7-5-27(6-8-28)14-20(30)15-29-9-11-32-12-10-29/h1-4,17,20,30H,5-16H2,(H,25,31)/t20-/m1/s1. The molecule has 3 heterocycles. The lowest BCUT2D eigenvalue weighted by Crippen LogP contribution is -2.50. The number of oxazole rings is 1. The van der Waals surface area contributed by atoms with Crippen LogP contribution in [0.25, 0.3) is 0 Å². The molecule has 2 aliphatic rings. The number of hydrogen-bond donors (Lipinski definition) is 2. The molecule has 33 heavy (non-hydrogen) atoms. The molecule has 1 amide bonds. The van der Waals surface area contributed by atoms with Gasteiger partial charge in [-0.25, -0.2) is 9.37 Å². The van der Waals surface area contributed by atoms with Gasteiger partial charge >= 0.3 is 0 Å². The molecule has 2 N–H and O–H groups in total. The Morgan fingerprint density at radius 1 is 1.03 bits per heavy atom. The number of carbonyl (C=O) groups excluding carboxylic acids is 1. The number of ether oxygens (including phenoxy) is 1. The van der Waals surface area contributed by atoms with Crippen molar-refractivity contribution in [1.29, 1.82) is 0 Å². The normalized spacial score (nSPS) is 19.5. The number of halogens is 1. The van der Waals surface area contributed by atoms with Gasteiger partial charge in [0.1, 0.15) is 12.1 Å².